The average Bonchev–Trinajstić information content (AvgIpc) is 1.72. The summed E-state index contributed by atoms with van der Waals surface area (Å²) in [4.78, 5) is 0. The van der Waals surface area contributed by atoms with Crippen molar-refractivity contribution in [2.45, 2.75) is 13.8 Å². The molecule has 0 saturated heterocycles. The number of hydrazine groups is 1. The van der Waals surface area contributed by atoms with Gasteiger partial charge in [0.2, 0.25) is 0 Å². The van der Waals surface area contributed by atoms with Crippen LogP contribution in [-0.4, -0.2) is 14.1 Å². The van der Waals surface area contributed by atoms with Crippen LogP contribution in [0, 0.1) is 0 Å². The second-order valence-electron chi connectivity index (χ2n) is 0.500. The number of hydrogen-bond acceptors (Lipinski definition) is 2. The fourth-order valence-electron chi connectivity index (χ4n) is 0. The van der Waals surface area contributed by atoms with E-state index in [-0.39, 0.29) is 0 Å². The minimum atomic E-state index is 1.82. The van der Waals surface area contributed by atoms with Gasteiger partial charge in [-0.1, -0.05) is 13.8 Å². The Labute approximate surface area is 39.9 Å². The van der Waals surface area contributed by atoms with E-state index in [2.05, 4.69) is 10.9 Å². The maximum absolute atomic E-state index is 2.68. The highest BCUT2D eigenvalue weighted by Gasteiger charge is 1.44. The fourth-order valence-corrected chi connectivity index (χ4v) is 0. The van der Waals surface area contributed by atoms with E-state index >= 15 is 0 Å². The Kier molecular flexibility index (Phi) is 31.9. The molecule has 0 amide bonds. The van der Waals surface area contributed by atoms with Crippen LogP contribution in [0.25, 0.3) is 0 Å². The molecule has 40 valence electrons. The average molecular weight is 90.2 g/mol. The van der Waals surface area contributed by atoms with Crippen LogP contribution in [0.5, 0.6) is 0 Å². The van der Waals surface area contributed by atoms with Crippen molar-refractivity contribution in [2.24, 2.45) is 0 Å². The van der Waals surface area contributed by atoms with E-state index in [1.54, 1.807) is 0 Å². The first kappa shape index (κ1) is 9.33. The molecule has 0 unspecified atom stereocenters. The largest absolute Gasteiger partial charge is 0.261 e. The molecule has 0 fully saturated rings. The molecule has 0 rings (SSSR count). The molecule has 0 bridgehead atoms. The second-order valence-corrected chi connectivity index (χ2v) is 0.500. The summed E-state index contributed by atoms with van der Waals surface area (Å²) in [5.41, 5.74) is 5.36. The smallest absolute Gasteiger partial charge is 0.00150 e. The second kappa shape index (κ2) is 20.5. The fraction of sp³-hybridized carbons (Fsp3) is 1.00. The van der Waals surface area contributed by atoms with E-state index in [1.165, 1.54) is 0 Å². The SMILES string of the molecule is CC.CNNC. The predicted molar refractivity (Wildman–Crippen MR) is 29.5 cm³/mol. The summed E-state index contributed by atoms with van der Waals surface area (Å²) in [5, 5.41) is 0. The van der Waals surface area contributed by atoms with Crippen LogP contribution < -0.4 is 10.9 Å². The number of hydrogen-bond donors (Lipinski definition) is 2. The van der Waals surface area contributed by atoms with Crippen LogP contribution >= 0.6 is 0 Å². The Hall–Kier alpha value is -0.0800. The van der Waals surface area contributed by atoms with Gasteiger partial charge in [0, 0.05) is 0 Å². The van der Waals surface area contributed by atoms with Crippen molar-refractivity contribution in [1.29, 1.82) is 0 Å². The number of nitrogens with one attached hydrogen (secondary N) is 2. The third-order valence-electron chi connectivity index (χ3n) is 0.250. The molecular weight excluding hydrogens is 76.1 g/mol. The Morgan fingerprint density at radius 1 is 0.833 bits per heavy atom. The van der Waals surface area contributed by atoms with E-state index in [1.807, 2.05) is 27.9 Å². The van der Waals surface area contributed by atoms with Crippen LogP contribution in [0.1, 0.15) is 13.8 Å². The van der Waals surface area contributed by atoms with Crippen molar-refractivity contribution in [3.8, 4) is 0 Å². The molecular formula is C4H14N2. The molecule has 0 aliphatic heterocycles. The Morgan fingerprint density at radius 2 is 1.00 bits per heavy atom. The first-order valence-electron chi connectivity index (χ1n) is 2.25. The van der Waals surface area contributed by atoms with Gasteiger partial charge in [-0.05, 0) is 14.1 Å². The molecule has 2 N–H and O–H groups in total. The summed E-state index contributed by atoms with van der Waals surface area (Å²) in [6.07, 6.45) is 0. The van der Waals surface area contributed by atoms with E-state index in [0.29, 0.717) is 0 Å². The van der Waals surface area contributed by atoms with Gasteiger partial charge in [0.1, 0.15) is 0 Å². The van der Waals surface area contributed by atoms with Crippen LogP contribution in [0.3, 0.4) is 0 Å². The normalized spacial score (nSPS) is 6.00. The quantitative estimate of drug-likeness (QED) is 0.454. The summed E-state index contributed by atoms with van der Waals surface area (Å²) in [7, 11) is 3.64. The lowest BCUT2D eigenvalue weighted by molar-refractivity contribution is 0.689. The molecule has 0 aliphatic carbocycles. The van der Waals surface area contributed by atoms with E-state index in [4.69, 9.17) is 0 Å². The van der Waals surface area contributed by atoms with Crippen molar-refractivity contribution in [3.63, 3.8) is 0 Å². The lowest BCUT2D eigenvalue weighted by atomic mass is 11.0. The number of rotatable bonds is 1. The third kappa shape index (κ3) is 39.5. The van der Waals surface area contributed by atoms with Gasteiger partial charge < -0.3 is 0 Å². The molecule has 0 aromatic heterocycles. The maximum Gasteiger partial charge on any atom is -0.00150 e. The first-order chi connectivity index (χ1) is 2.91. The van der Waals surface area contributed by atoms with Crippen LogP contribution in [0.15, 0.2) is 0 Å². The topological polar surface area (TPSA) is 24.1 Å². The minimum absolute atomic E-state index is 1.82. The molecule has 0 aromatic rings. The molecule has 0 aromatic carbocycles. The van der Waals surface area contributed by atoms with Gasteiger partial charge in [-0.2, -0.15) is 0 Å². The molecule has 0 heterocycles. The summed E-state index contributed by atoms with van der Waals surface area (Å²) in [6.45, 7) is 4.00. The van der Waals surface area contributed by atoms with Crippen molar-refractivity contribution in [2.75, 3.05) is 14.1 Å². The van der Waals surface area contributed by atoms with E-state index < -0.39 is 0 Å². The molecule has 0 saturated carbocycles. The monoisotopic (exact) mass is 90.1 g/mol. The predicted octanol–water partition coefficient (Wildman–Crippen LogP) is 0.366. The van der Waals surface area contributed by atoms with Gasteiger partial charge in [-0.15, -0.1) is 0 Å². The zero-order valence-corrected chi connectivity index (χ0v) is 5.00. The first-order valence-corrected chi connectivity index (χ1v) is 2.25. The van der Waals surface area contributed by atoms with Crippen molar-refractivity contribution >= 4 is 0 Å². The Morgan fingerprint density at radius 3 is 1.00 bits per heavy atom. The molecule has 2 nitrogen and oxygen atoms in total. The Balaban J connectivity index is 0. The van der Waals surface area contributed by atoms with Gasteiger partial charge in [0.05, 0.1) is 0 Å². The molecule has 0 radical (unpaired) electrons. The summed E-state index contributed by atoms with van der Waals surface area (Å²) >= 11 is 0. The molecule has 0 aliphatic rings. The molecule has 0 spiro atoms. The highest BCUT2D eigenvalue weighted by atomic mass is 15.3. The molecule has 6 heavy (non-hydrogen) atoms. The van der Waals surface area contributed by atoms with Gasteiger partial charge in [-0.3, -0.25) is 10.9 Å². The summed E-state index contributed by atoms with van der Waals surface area (Å²) < 4.78 is 0. The van der Waals surface area contributed by atoms with E-state index in [9.17, 15) is 0 Å². The summed E-state index contributed by atoms with van der Waals surface area (Å²) in [5.74, 6) is 0. The van der Waals surface area contributed by atoms with Crippen LogP contribution in [0.4, 0.5) is 0 Å². The molecule has 0 atom stereocenters. The lowest BCUT2D eigenvalue weighted by Crippen LogP contribution is -2.21. The molecule has 2 heteroatoms. The third-order valence-corrected chi connectivity index (χ3v) is 0.250. The highest BCUT2D eigenvalue weighted by molar-refractivity contribution is 3.99. The van der Waals surface area contributed by atoms with Gasteiger partial charge in [0.25, 0.3) is 0 Å². The van der Waals surface area contributed by atoms with Gasteiger partial charge in [-0.25, -0.2) is 0 Å². The standard InChI is InChI=1S/C2H8N2.C2H6/c1-3-4-2;1-2/h3-4H,1-2H3;1-2H3. The van der Waals surface area contributed by atoms with Crippen molar-refractivity contribution in [1.82, 2.24) is 10.9 Å². The van der Waals surface area contributed by atoms with Crippen molar-refractivity contribution < 1.29 is 0 Å². The maximum atomic E-state index is 2.68. The van der Waals surface area contributed by atoms with Crippen molar-refractivity contribution in [3.05, 3.63) is 0 Å². The zero-order chi connectivity index (χ0) is 5.41. The lowest BCUT2D eigenvalue weighted by Gasteiger charge is -1.81. The van der Waals surface area contributed by atoms with E-state index in [0.717, 1.165) is 0 Å². The van der Waals surface area contributed by atoms with Gasteiger partial charge >= 0.3 is 0 Å². The van der Waals surface area contributed by atoms with Gasteiger partial charge in [0.15, 0.2) is 0 Å². The minimum Gasteiger partial charge on any atom is -0.261 e. The highest BCUT2D eigenvalue weighted by Crippen LogP contribution is 1.14. The van der Waals surface area contributed by atoms with Crippen LogP contribution in [-0.2, 0) is 0 Å². The summed E-state index contributed by atoms with van der Waals surface area (Å²) in [6, 6.07) is 0. The zero-order valence-electron chi connectivity index (χ0n) is 5.00. The van der Waals surface area contributed by atoms with Crippen LogP contribution in [0.2, 0.25) is 0 Å². The Bertz CT molecular complexity index is 7.51.